The molecule has 1 saturated heterocycles. The average molecular weight is 467 g/mol. The van der Waals surface area contributed by atoms with Crippen molar-refractivity contribution in [2.24, 2.45) is 0 Å². The minimum absolute atomic E-state index is 0.138. The normalized spacial score (nSPS) is 18.7. The number of hydrogen-bond donors (Lipinski definition) is 2. The van der Waals surface area contributed by atoms with Gasteiger partial charge in [-0.1, -0.05) is 11.6 Å². The van der Waals surface area contributed by atoms with E-state index < -0.39 is 6.04 Å². The summed E-state index contributed by atoms with van der Waals surface area (Å²) < 4.78 is 8.12. The number of ether oxygens (including phenoxy) is 1. The van der Waals surface area contributed by atoms with E-state index in [4.69, 9.17) is 16.3 Å². The van der Waals surface area contributed by atoms with E-state index in [1.165, 1.54) is 0 Å². The predicted molar refractivity (Wildman–Crippen MR) is 129 cm³/mol. The highest BCUT2D eigenvalue weighted by atomic mass is 35.5. The molecule has 4 heterocycles. The summed E-state index contributed by atoms with van der Waals surface area (Å²) in [5, 5.41) is 5.60. The van der Waals surface area contributed by atoms with E-state index in [9.17, 15) is 4.79 Å². The van der Waals surface area contributed by atoms with Gasteiger partial charge in [0.15, 0.2) is 0 Å². The average Bonchev–Trinajstić information content (AvgIpc) is 3.37. The highest BCUT2D eigenvalue weighted by Gasteiger charge is 2.38. The molecule has 1 aromatic carbocycles. The number of hydrogen-bond acceptors (Lipinski definition) is 5. The Morgan fingerprint density at radius 3 is 3.00 bits per heavy atom. The van der Waals surface area contributed by atoms with Crippen LogP contribution in [0.5, 0.6) is 0 Å². The summed E-state index contributed by atoms with van der Waals surface area (Å²) in [4.78, 5) is 27.7. The van der Waals surface area contributed by atoms with Gasteiger partial charge in [-0.15, -0.1) is 0 Å². The van der Waals surface area contributed by atoms with E-state index in [1.54, 1.807) is 24.7 Å². The molecular weight excluding hydrogens is 440 g/mol. The second kappa shape index (κ2) is 8.44. The van der Waals surface area contributed by atoms with Crippen LogP contribution >= 0.6 is 11.6 Å². The Morgan fingerprint density at radius 2 is 2.18 bits per heavy atom. The van der Waals surface area contributed by atoms with Gasteiger partial charge in [-0.25, -0.2) is 4.98 Å². The number of imidazole rings is 1. The van der Waals surface area contributed by atoms with Crippen molar-refractivity contribution < 1.29 is 9.53 Å². The van der Waals surface area contributed by atoms with Crippen molar-refractivity contribution in [2.45, 2.75) is 45.5 Å². The summed E-state index contributed by atoms with van der Waals surface area (Å²) >= 11 is 6.42. The van der Waals surface area contributed by atoms with Crippen molar-refractivity contribution in [1.29, 1.82) is 0 Å². The molecule has 1 aliphatic rings. The van der Waals surface area contributed by atoms with Gasteiger partial charge in [-0.05, 0) is 39.0 Å². The Labute approximate surface area is 196 Å². The van der Waals surface area contributed by atoms with Crippen molar-refractivity contribution in [1.82, 2.24) is 24.4 Å². The molecule has 5 rings (SSSR count). The fourth-order valence-electron chi connectivity index (χ4n) is 4.56. The first-order valence-electron chi connectivity index (χ1n) is 11.1. The molecule has 0 saturated carbocycles. The molecule has 1 atom stereocenters. The minimum atomic E-state index is -0.458. The van der Waals surface area contributed by atoms with Crippen molar-refractivity contribution in [2.75, 3.05) is 18.5 Å². The van der Waals surface area contributed by atoms with Gasteiger partial charge >= 0.3 is 0 Å². The van der Waals surface area contributed by atoms with E-state index in [-0.39, 0.29) is 11.5 Å². The molecule has 0 radical (unpaired) electrons. The molecule has 33 heavy (non-hydrogen) atoms. The number of H-pyrrole nitrogens is 1. The van der Waals surface area contributed by atoms with Crippen LogP contribution in [-0.4, -0.2) is 55.1 Å². The van der Waals surface area contributed by atoms with E-state index in [2.05, 4.69) is 36.7 Å². The molecule has 2 N–H and O–H groups in total. The van der Waals surface area contributed by atoms with Gasteiger partial charge in [0.2, 0.25) is 5.91 Å². The number of rotatable bonds is 5. The zero-order valence-corrected chi connectivity index (χ0v) is 19.7. The molecule has 9 heteroatoms. The summed E-state index contributed by atoms with van der Waals surface area (Å²) in [6.07, 6.45) is 7.27. The highest BCUT2D eigenvalue weighted by Crippen LogP contribution is 2.33. The third-order valence-electron chi connectivity index (χ3n) is 6.18. The maximum Gasteiger partial charge on any atom is 0.244 e. The molecule has 0 unspecified atom stereocenters. The first-order valence-corrected chi connectivity index (χ1v) is 11.5. The van der Waals surface area contributed by atoms with Crippen LogP contribution in [0.1, 0.15) is 26.6 Å². The minimum Gasteiger partial charge on any atom is -0.372 e. The molecule has 0 aliphatic carbocycles. The van der Waals surface area contributed by atoms with Crippen LogP contribution in [0.15, 0.2) is 43.0 Å². The SMILES string of the molecule is CCn1ccnc1CN1CC(C)(C)OC[C@H]1C(=O)Nc1cc(Cl)cc2c1[nH]c1cnccc12. The number of nitrogens with zero attached hydrogens (tertiary/aromatic N) is 4. The largest absolute Gasteiger partial charge is 0.372 e. The molecule has 4 aromatic rings. The van der Waals surface area contributed by atoms with Gasteiger partial charge in [0.05, 0.1) is 41.7 Å². The van der Waals surface area contributed by atoms with Crippen molar-refractivity contribution in [3.63, 3.8) is 0 Å². The van der Waals surface area contributed by atoms with Crippen LogP contribution in [0.4, 0.5) is 5.69 Å². The quantitative estimate of drug-likeness (QED) is 0.460. The molecule has 0 spiro atoms. The Bertz CT molecular complexity index is 1330. The van der Waals surface area contributed by atoms with E-state index in [1.807, 2.05) is 32.2 Å². The summed E-state index contributed by atoms with van der Waals surface area (Å²) in [5.41, 5.74) is 1.99. The highest BCUT2D eigenvalue weighted by molar-refractivity contribution is 6.33. The standard InChI is InChI=1S/C24H27ClN6O2/c1-4-30-8-7-27-21(30)12-31-14-24(2,3)33-13-20(31)23(32)29-18-10-15(25)9-17-16-5-6-26-11-19(16)28-22(17)18/h5-11,20,28H,4,12-14H2,1-3H3,(H,29,32)/t20-/m0/s1. The zero-order valence-electron chi connectivity index (χ0n) is 18.9. The maximum absolute atomic E-state index is 13.5. The molecule has 8 nitrogen and oxygen atoms in total. The number of anilines is 1. The second-order valence-corrected chi connectivity index (χ2v) is 9.47. The number of nitrogens with one attached hydrogen (secondary N) is 2. The van der Waals surface area contributed by atoms with E-state index in [0.29, 0.717) is 30.4 Å². The molecule has 172 valence electrons. The molecule has 0 bridgehead atoms. The Balaban J connectivity index is 1.46. The van der Waals surface area contributed by atoms with Crippen LogP contribution in [0.3, 0.4) is 0 Å². The van der Waals surface area contributed by atoms with Gasteiger partial charge in [0.1, 0.15) is 11.9 Å². The van der Waals surface area contributed by atoms with Crippen molar-refractivity contribution in [3.8, 4) is 0 Å². The molecular formula is C24H27ClN6O2. The lowest BCUT2D eigenvalue weighted by atomic mass is 10.0. The van der Waals surface area contributed by atoms with Gasteiger partial charge < -0.3 is 19.6 Å². The van der Waals surface area contributed by atoms with Crippen LogP contribution in [0.25, 0.3) is 21.8 Å². The lowest BCUT2D eigenvalue weighted by Gasteiger charge is -2.42. The maximum atomic E-state index is 13.5. The number of aryl methyl sites for hydroxylation is 1. The van der Waals surface area contributed by atoms with E-state index in [0.717, 1.165) is 34.2 Å². The topological polar surface area (TPSA) is 88.1 Å². The third-order valence-corrected chi connectivity index (χ3v) is 6.40. The monoisotopic (exact) mass is 466 g/mol. The first kappa shape index (κ1) is 21.9. The first-order chi connectivity index (χ1) is 15.8. The number of benzene rings is 1. The lowest BCUT2D eigenvalue weighted by Crippen LogP contribution is -2.57. The molecule has 1 amide bonds. The smallest absolute Gasteiger partial charge is 0.244 e. The summed E-state index contributed by atoms with van der Waals surface area (Å²) in [6, 6.07) is 5.14. The molecule has 3 aromatic heterocycles. The van der Waals surface area contributed by atoms with Gasteiger partial charge in [0, 0.05) is 47.5 Å². The van der Waals surface area contributed by atoms with Gasteiger partial charge in [-0.2, -0.15) is 0 Å². The summed E-state index contributed by atoms with van der Waals surface area (Å²) in [6.45, 7) is 8.47. The number of amides is 1. The zero-order chi connectivity index (χ0) is 23.2. The number of halogens is 1. The Hall–Kier alpha value is -2.94. The van der Waals surface area contributed by atoms with Gasteiger partial charge in [0.25, 0.3) is 0 Å². The lowest BCUT2D eigenvalue weighted by molar-refractivity contribution is -0.144. The van der Waals surface area contributed by atoms with Crippen LogP contribution in [0, 0.1) is 0 Å². The number of carbonyl (C=O) groups is 1. The van der Waals surface area contributed by atoms with Crippen molar-refractivity contribution >= 4 is 45.0 Å². The van der Waals surface area contributed by atoms with Crippen molar-refractivity contribution in [3.05, 3.63) is 53.8 Å². The Morgan fingerprint density at radius 1 is 1.33 bits per heavy atom. The van der Waals surface area contributed by atoms with Crippen LogP contribution in [0.2, 0.25) is 5.02 Å². The molecule has 1 fully saturated rings. The number of carbonyl (C=O) groups excluding carboxylic acids is 1. The molecule has 1 aliphatic heterocycles. The predicted octanol–water partition coefficient (Wildman–Crippen LogP) is 4.20. The van der Waals surface area contributed by atoms with Crippen LogP contribution in [-0.2, 0) is 22.6 Å². The fourth-order valence-corrected chi connectivity index (χ4v) is 4.77. The summed E-state index contributed by atoms with van der Waals surface area (Å²) in [7, 11) is 0. The van der Waals surface area contributed by atoms with Crippen LogP contribution < -0.4 is 5.32 Å². The number of aromatic nitrogens is 4. The van der Waals surface area contributed by atoms with E-state index >= 15 is 0 Å². The number of morpholine rings is 1. The number of fused-ring (bicyclic) bond motifs is 3. The second-order valence-electron chi connectivity index (χ2n) is 9.03. The van der Waals surface area contributed by atoms with Gasteiger partial charge in [-0.3, -0.25) is 14.7 Å². The number of pyridine rings is 1. The fraction of sp³-hybridized carbons (Fsp3) is 0.375. The third kappa shape index (κ3) is 4.21. The number of aromatic amines is 1. The Kier molecular flexibility index (Phi) is 5.60. The summed E-state index contributed by atoms with van der Waals surface area (Å²) in [5.74, 6) is 0.793.